The Morgan fingerprint density at radius 3 is 2.26 bits per heavy atom. The first-order valence-corrected chi connectivity index (χ1v) is 12.5. The third-order valence-corrected chi connectivity index (χ3v) is 6.61. The second-order valence-corrected chi connectivity index (χ2v) is 9.62. The molecule has 0 aliphatic heterocycles. The third kappa shape index (κ3) is 7.35. The summed E-state index contributed by atoms with van der Waals surface area (Å²) in [4.78, 5) is 15.4. The summed E-state index contributed by atoms with van der Waals surface area (Å²) in [5.41, 5.74) is -0.0441. The van der Waals surface area contributed by atoms with Crippen molar-refractivity contribution in [3.63, 3.8) is 0 Å². The fourth-order valence-electron chi connectivity index (χ4n) is 3.48. The van der Waals surface area contributed by atoms with Gasteiger partial charge in [-0.1, -0.05) is 12.1 Å². The van der Waals surface area contributed by atoms with Crippen molar-refractivity contribution in [1.82, 2.24) is 4.90 Å². The molecular formula is C24H31F3N2O5S. The van der Waals surface area contributed by atoms with E-state index in [-0.39, 0.29) is 30.9 Å². The van der Waals surface area contributed by atoms with Crippen molar-refractivity contribution in [1.29, 1.82) is 0 Å². The summed E-state index contributed by atoms with van der Waals surface area (Å²) in [6, 6.07) is 8.10. The highest BCUT2D eigenvalue weighted by molar-refractivity contribution is 7.87. The van der Waals surface area contributed by atoms with Crippen LogP contribution in [0.1, 0.15) is 38.8 Å². The van der Waals surface area contributed by atoms with Gasteiger partial charge in [0.1, 0.15) is 17.3 Å². The molecule has 1 amide bonds. The highest BCUT2D eigenvalue weighted by Gasteiger charge is 2.32. The Balaban J connectivity index is 2.55. The summed E-state index contributed by atoms with van der Waals surface area (Å²) in [5.74, 6) is -0.371. The van der Waals surface area contributed by atoms with Gasteiger partial charge in [0, 0.05) is 50.1 Å². The molecule has 0 atom stereocenters. The van der Waals surface area contributed by atoms with Gasteiger partial charge < -0.3 is 18.7 Å². The minimum absolute atomic E-state index is 0.0197. The van der Waals surface area contributed by atoms with Gasteiger partial charge in [0.2, 0.25) is 5.91 Å². The van der Waals surface area contributed by atoms with Crippen LogP contribution in [-0.4, -0.2) is 52.1 Å². The molecule has 0 fully saturated rings. The lowest BCUT2D eigenvalue weighted by Crippen LogP contribution is -2.38. The number of amides is 1. The van der Waals surface area contributed by atoms with E-state index in [4.69, 9.17) is 8.92 Å². The van der Waals surface area contributed by atoms with Crippen LogP contribution in [0.2, 0.25) is 0 Å². The number of alkyl halides is 3. The molecule has 2 aromatic rings. The highest BCUT2D eigenvalue weighted by atomic mass is 32.2. The number of carbonyl (C=O) groups is 1. The molecule has 0 aliphatic rings. The predicted molar refractivity (Wildman–Crippen MR) is 127 cm³/mol. The molecule has 0 saturated heterocycles. The number of rotatable bonds is 11. The molecule has 0 aromatic heterocycles. The van der Waals surface area contributed by atoms with Crippen molar-refractivity contribution in [2.75, 3.05) is 31.7 Å². The Morgan fingerprint density at radius 1 is 1.06 bits per heavy atom. The van der Waals surface area contributed by atoms with Gasteiger partial charge in [0.15, 0.2) is 0 Å². The van der Waals surface area contributed by atoms with Gasteiger partial charge in [-0.3, -0.25) is 4.79 Å². The number of benzene rings is 2. The molecule has 0 saturated carbocycles. The minimum Gasteiger partial charge on any atom is -0.379 e. The van der Waals surface area contributed by atoms with Crippen LogP contribution in [0.5, 0.6) is 5.75 Å². The molecule has 7 nitrogen and oxygen atoms in total. The van der Waals surface area contributed by atoms with Crippen LogP contribution in [0.15, 0.2) is 47.4 Å². The minimum atomic E-state index is -4.71. The summed E-state index contributed by atoms with van der Waals surface area (Å²) in [7, 11) is -3.21. The topological polar surface area (TPSA) is 76.2 Å². The van der Waals surface area contributed by atoms with E-state index in [9.17, 15) is 26.4 Å². The first kappa shape index (κ1) is 28.4. The molecule has 2 rings (SSSR count). The molecule has 0 unspecified atom stereocenters. The van der Waals surface area contributed by atoms with Crippen LogP contribution < -0.4 is 9.08 Å². The molecule has 194 valence electrons. The summed E-state index contributed by atoms with van der Waals surface area (Å²) in [5, 5.41) is 0. The number of halogens is 3. The average Bonchev–Trinajstić information content (AvgIpc) is 2.78. The van der Waals surface area contributed by atoms with Gasteiger partial charge in [-0.25, -0.2) is 0 Å². The lowest BCUT2D eigenvalue weighted by molar-refractivity contribution is -0.138. The first-order valence-electron chi connectivity index (χ1n) is 11.1. The van der Waals surface area contributed by atoms with Crippen molar-refractivity contribution in [2.45, 2.75) is 51.4 Å². The van der Waals surface area contributed by atoms with Crippen LogP contribution in [-0.2, 0) is 32.4 Å². The standard InChI is InChI=1S/C24H31F3N2O5S/c1-6-28(7-2)20-12-11-18(15-29(17(3)4)23(30)16-33-5)22(14-20)34-35(31,32)21-10-8-9-19(13-21)24(25,26)27/h8-14,17H,6-7,15-16H2,1-5H3. The fraction of sp³-hybridized carbons (Fsp3) is 0.458. The van der Waals surface area contributed by atoms with Crippen LogP contribution in [0.3, 0.4) is 0 Å². The number of carbonyl (C=O) groups excluding carboxylic acids is 1. The normalized spacial score (nSPS) is 12.0. The molecule has 0 spiro atoms. The van der Waals surface area contributed by atoms with Gasteiger partial charge in [-0.2, -0.15) is 21.6 Å². The zero-order valence-electron chi connectivity index (χ0n) is 20.4. The fourth-order valence-corrected chi connectivity index (χ4v) is 4.48. The van der Waals surface area contributed by atoms with Crippen molar-refractivity contribution in [2.24, 2.45) is 0 Å². The second-order valence-electron chi connectivity index (χ2n) is 8.08. The number of nitrogens with zero attached hydrogens (tertiary/aromatic N) is 2. The molecule has 2 aromatic carbocycles. The molecular weight excluding hydrogens is 485 g/mol. The summed E-state index contributed by atoms with van der Waals surface area (Å²) < 4.78 is 75.8. The van der Waals surface area contributed by atoms with Crippen molar-refractivity contribution >= 4 is 21.7 Å². The highest BCUT2D eigenvalue weighted by Crippen LogP contribution is 2.33. The average molecular weight is 517 g/mol. The molecule has 0 bridgehead atoms. The smallest absolute Gasteiger partial charge is 0.379 e. The molecule has 11 heteroatoms. The summed E-state index contributed by atoms with van der Waals surface area (Å²) >= 11 is 0. The Labute approximate surface area is 204 Å². The number of ether oxygens (including phenoxy) is 1. The first-order chi connectivity index (χ1) is 16.3. The Morgan fingerprint density at radius 2 is 1.71 bits per heavy atom. The third-order valence-electron chi connectivity index (χ3n) is 5.38. The monoisotopic (exact) mass is 516 g/mol. The van der Waals surface area contributed by atoms with E-state index in [1.54, 1.807) is 26.0 Å². The van der Waals surface area contributed by atoms with Crippen molar-refractivity contribution < 1.29 is 35.3 Å². The maximum absolute atomic E-state index is 13.1. The van der Waals surface area contributed by atoms with Crippen LogP contribution in [0, 0.1) is 0 Å². The van der Waals surface area contributed by atoms with E-state index in [2.05, 4.69) is 0 Å². The van der Waals surface area contributed by atoms with Crippen LogP contribution in [0.4, 0.5) is 18.9 Å². The van der Waals surface area contributed by atoms with E-state index in [0.717, 1.165) is 18.2 Å². The van der Waals surface area contributed by atoms with Gasteiger partial charge in [-0.05, 0) is 52.0 Å². The SMILES string of the molecule is CCN(CC)c1ccc(CN(C(=O)COC)C(C)C)c(OS(=O)(=O)c2cccc(C(F)(F)F)c2)c1. The number of hydrogen-bond donors (Lipinski definition) is 0. The summed E-state index contributed by atoms with van der Waals surface area (Å²) in [6.45, 7) is 8.61. The van der Waals surface area contributed by atoms with E-state index in [0.29, 0.717) is 30.4 Å². The van der Waals surface area contributed by atoms with E-state index < -0.39 is 26.8 Å². The maximum Gasteiger partial charge on any atom is 0.416 e. The van der Waals surface area contributed by atoms with E-state index in [1.807, 2.05) is 18.7 Å². The Hall–Kier alpha value is -2.79. The molecule has 0 radical (unpaired) electrons. The lowest BCUT2D eigenvalue weighted by Gasteiger charge is -2.28. The lowest BCUT2D eigenvalue weighted by atomic mass is 10.1. The van der Waals surface area contributed by atoms with E-state index in [1.165, 1.54) is 18.1 Å². The van der Waals surface area contributed by atoms with Crippen molar-refractivity contribution in [3.05, 3.63) is 53.6 Å². The van der Waals surface area contributed by atoms with Crippen molar-refractivity contribution in [3.8, 4) is 5.75 Å². The number of hydrogen-bond acceptors (Lipinski definition) is 6. The predicted octanol–water partition coefficient (Wildman–Crippen LogP) is 4.70. The Kier molecular flexibility index (Phi) is 9.56. The number of anilines is 1. The molecule has 0 heterocycles. The van der Waals surface area contributed by atoms with Crippen LogP contribution >= 0.6 is 0 Å². The van der Waals surface area contributed by atoms with Crippen LogP contribution in [0.25, 0.3) is 0 Å². The largest absolute Gasteiger partial charge is 0.416 e. The van der Waals surface area contributed by atoms with Gasteiger partial charge in [0.05, 0.1) is 5.56 Å². The van der Waals surface area contributed by atoms with Gasteiger partial charge in [-0.15, -0.1) is 0 Å². The Bertz CT molecular complexity index is 1120. The zero-order chi connectivity index (χ0) is 26.4. The van der Waals surface area contributed by atoms with E-state index >= 15 is 0 Å². The van der Waals surface area contributed by atoms with Gasteiger partial charge in [0.25, 0.3) is 0 Å². The zero-order valence-corrected chi connectivity index (χ0v) is 21.2. The summed E-state index contributed by atoms with van der Waals surface area (Å²) in [6.07, 6.45) is -4.71. The quantitative estimate of drug-likeness (QED) is 0.403. The van der Waals surface area contributed by atoms with Gasteiger partial charge >= 0.3 is 16.3 Å². The molecule has 0 N–H and O–H groups in total. The molecule has 0 aliphatic carbocycles. The maximum atomic E-state index is 13.1. The second kappa shape index (κ2) is 11.8. The number of methoxy groups -OCH3 is 1. The molecule has 35 heavy (non-hydrogen) atoms.